The second-order valence-electron chi connectivity index (χ2n) is 4.98. The molecule has 1 atom stereocenters. The zero-order chi connectivity index (χ0) is 11.7. The molecule has 88 valence electrons. The molecule has 1 saturated carbocycles. The standard InChI is InChI=1S/C14H17N3/c1-11(9-12-7-8-12)17-10-14(15-16-17)13-5-3-2-4-6-13/h2-6,10-12H,7-9H2,1H3. The summed E-state index contributed by atoms with van der Waals surface area (Å²) in [6.45, 7) is 2.22. The average molecular weight is 227 g/mol. The second-order valence-corrected chi connectivity index (χ2v) is 4.98. The summed E-state index contributed by atoms with van der Waals surface area (Å²) in [6, 6.07) is 10.7. The van der Waals surface area contributed by atoms with Crippen molar-refractivity contribution < 1.29 is 0 Å². The Balaban J connectivity index is 1.77. The van der Waals surface area contributed by atoms with E-state index >= 15 is 0 Å². The van der Waals surface area contributed by atoms with Gasteiger partial charge in [0.1, 0.15) is 5.69 Å². The number of rotatable bonds is 4. The highest BCUT2D eigenvalue weighted by Crippen LogP contribution is 2.36. The first kappa shape index (κ1) is 10.5. The van der Waals surface area contributed by atoms with Crippen molar-refractivity contribution in [3.05, 3.63) is 36.5 Å². The van der Waals surface area contributed by atoms with Crippen molar-refractivity contribution >= 4 is 0 Å². The lowest BCUT2D eigenvalue weighted by Gasteiger charge is -2.09. The Labute approximate surface area is 101 Å². The summed E-state index contributed by atoms with van der Waals surface area (Å²) in [4.78, 5) is 0. The van der Waals surface area contributed by atoms with Crippen LogP contribution in [0.3, 0.4) is 0 Å². The van der Waals surface area contributed by atoms with Crippen LogP contribution in [0.1, 0.15) is 32.2 Å². The number of hydrogen-bond acceptors (Lipinski definition) is 2. The van der Waals surface area contributed by atoms with Crippen molar-refractivity contribution in [1.82, 2.24) is 15.0 Å². The minimum atomic E-state index is 0.465. The van der Waals surface area contributed by atoms with Gasteiger partial charge in [0.05, 0.1) is 12.2 Å². The van der Waals surface area contributed by atoms with E-state index in [0.717, 1.165) is 17.2 Å². The fraction of sp³-hybridized carbons (Fsp3) is 0.429. The maximum absolute atomic E-state index is 4.25. The Bertz CT molecular complexity index is 485. The molecule has 0 bridgehead atoms. The molecule has 0 N–H and O–H groups in total. The van der Waals surface area contributed by atoms with E-state index in [1.165, 1.54) is 19.3 Å². The lowest BCUT2D eigenvalue weighted by molar-refractivity contribution is 0.426. The van der Waals surface area contributed by atoms with Gasteiger partial charge in [0.2, 0.25) is 0 Å². The molecule has 0 spiro atoms. The molecule has 17 heavy (non-hydrogen) atoms. The normalized spacial score (nSPS) is 17.0. The molecule has 1 aromatic heterocycles. The van der Waals surface area contributed by atoms with Crippen LogP contribution in [0.5, 0.6) is 0 Å². The summed E-state index contributed by atoms with van der Waals surface area (Å²) in [7, 11) is 0. The van der Waals surface area contributed by atoms with Crippen molar-refractivity contribution in [3.63, 3.8) is 0 Å². The van der Waals surface area contributed by atoms with Crippen LogP contribution in [-0.4, -0.2) is 15.0 Å². The molecule has 0 radical (unpaired) electrons. The predicted molar refractivity (Wildman–Crippen MR) is 67.5 cm³/mol. The third kappa shape index (κ3) is 2.38. The molecule has 3 rings (SSSR count). The topological polar surface area (TPSA) is 30.7 Å². The number of hydrogen-bond donors (Lipinski definition) is 0. The van der Waals surface area contributed by atoms with Crippen LogP contribution < -0.4 is 0 Å². The maximum atomic E-state index is 4.25. The van der Waals surface area contributed by atoms with Crippen molar-refractivity contribution in [3.8, 4) is 11.3 Å². The largest absolute Gasteiger partial charge is 0.249 e. The smallest absolute Gasteiger partial charge is 0.113 e. The third-order valence-corrected chi connectivity index (χ3v) is 3.40. The highest BCUT2D eigenvalue weighted by Gasteiger charge is 2.24. The molecule has 0 aliphatic heterocycles. The molecule has 1 heterocycles. The van der Waals surface area contributed by atoms with Crippen molar-refractivity contribution in [2.45, 2.75) is 32.2 Å². The molecule has 0 saturated heterocycles. The van der Waals surface area contributed by atoms with Crippen molar-refractivity contribution in [2.75, 3.05) is 0 Å². The molecule has 1 aromatic carbocycles. The van der Waals surface area contributed by atoms with Gasteiger partial charge in [0, 0.05) is 5.56 Å². The summed E-state index contributed by atoms with van der Waals surface area (Å²) in [5, 5.41) is 8.49. The van der Waals surface area contributed by atoms with Crippen molar-refractivity contribution in [2.24, 2.45) is 5.92 Å². The van der Waals surface area contributed by atoms with Crippen molar-refractivity contribution in [1.29, 1.82) is 0 Å². The van der Waals surface area contributed by atoms with E-state index in [2.05, 4.69) is 35.6 Å². The van der Waals surface area contributed by atoms with E-state index in [1.807, 2.05) is 22.9 Å². The highest BCUT2D eigenvalue weighted by molar-refractivity contribution is 5.57. The van der Waals surface area contributed by atoms with Gasteiger partial charge < -0.3 is 0 Å². The first-order valence-corrected chi connectivity index (χ1v) is 6.30. The number of benzene rings is 1. The zero-order valence-corrected chi connectivity index (χ0v) is 10.1. The highest BCUT2D eigenvalue weighted by atomic mass is 15.4. The Morgan fingerprint density at radius 1 is 1.29 bits per heavy atom. The Morgan fingerprint density at radius 3 is 2.76 bits per heavy atom. The van der Waals surface area contributed by atoms with Gasteiger partial charge in [-0.1, -0.05) is 48.4 Å². The number of nitrogens with zero attached hydrogens (tertiary/aromatic N) is 3. The maximum Gasteiger partial charge on any atom is 0.113 e. The van der Waals surface area contributed by atoms with Crippen LogP contribution in [0, 0.1) is 5.92 Å². The monoisotopic (exact) mass is 227 g/mol. The average Bonchev–Trinajstić information content (AvgIpc) is 3.04. The molecule has 0 amide bonds. The molecule has 1 aliphatic rings. The number of aromatic nitrogens is 3. The molecular formula is C14H17N3. The van der Waals surface area contributed by atoms with E-state index in [4.69, 9.17) is 0 Å². The van der Waals surface area contributed by atoms with E-state index in [9.17, 15) is 0 Å². The quantitative estimate of drug-likeness (QED) is 0.802. The van der Waals surface area contributed by atoms with Gasteiger partial charge in [0.25, 0.3) is 0 Å². The minimum Gasteiger partial charge on any atom is -0.249 e. The zero-order valence-electron chi connectivity index (χ0n) is 10.1. The van der Waals surface area contributed by atoms with Gasteiger partial charge in [-0.15, -0.1) is 5.10 Å². The fourth-order valence-electron chi connectivity index (χ4n) is 2.18. The van der Waals surface area contributed by atoms with E-state index in [0.29, 0.717) is 6.04 Å². The summed E-state index contributed by atoms with van der Waals surface area (Å²) in [6.07, 6.45) is 6.08. The fourth-order valence-corrected chi connectivity index (χ4v) is 2.18. The predicted octanol–water partition coefficient (Wildman–Crippen LogP) is 3.31. The van der Waals surface area contributed by atoms with Gasteiger partial charge in [-0.05, 0) is 19.3 Å². The Morgan fingerprint density at radius 2 is 2.06 bits per heavy atom. The summed E-state index contributed by atoms with van der Waals surface area (Å²) < 4.78 is 2.00. The first-order valence-electron chi connectivity index (χ1n) is 6.30. The lowest BCUT2D eigenvalue weighted by atomic mass is 10.1. The molecule has 1 fully saturated rings. The molecule has 1 aliphatic carbocycles. The van der Waals surface area contributed by atoms with Crippen LogP contribution in [0.25, 0.3) is 11.3 Å². The van der Waals surface area contributed by atoms with E-state index in [1.54, 1.807) is 0 Å². The van der Waals surface area contributed by atoms with Crippen LogP contribution in [0.4, 0.5) is 0 Å². The Hall–Kier alpha value is -1.64. The van der Waals surface area contributed by atoms with Gasteiger partial charge in [-0.25, -0.2) is 4.68 Å². The van der Waals surface area contributed by atoms with Gasteiger partial charge in [-0.2, -0.15) is 0 Å². The van der Waals surface area contributed by atoms with E-state index in [-0.39, 0.29) is 0 Å². The molecular weight excluding hydrogens is 210 g/mol. The summed E-state index contributed by atoms with van der Waals surface area (Å²) >= 11 is 0. The molecule has 3 heteroatoms. The Kier molecular flexibility index (Phi) is 2.67. The van der Waals surface area contributed by atoms with Crippen LogP contribution >= 0.6 is 0 Å². The lowest BCUT2D eigenvalue weighted by Crippen LogP contribution is -2.06. The van der Waals surface area contributed by atoms with Crippen LogP contribution in [0.15, 0.2) is 36.5 Å². The minimum absolute atomic E-state index is 0.465. The molecule has 3 nitrogen and oxygen atoms in total. The summed E-state index contributed by atoms with van der Waals surface area (Å²) in [5.74, 6) is 0.925. The third-order valence-electron chi connectivity index (χ3n) is 3.40. The molecule has 2 aromatic rings. The van der Waals surface area contributed by atoms with Crippen LogP contribution in [-0.2, 0) is 0 Å². The van der Waals surface area contributed by atoms with Crippen LogP contribution in [0.2, 0.25) is 0 Å². The van der Waals surface area contributed by atoms with Gasteiger partial charge >= 0.3 is 0 Å². The summed E-state index contributed by atoms with van der Waals surface area (Å²) in [5.41, 5.74) is 2.10. The SMILES string of the molecule is CC(CC1CC1)n1cc(-c2ccccc2)nn1. The van der Waals surface area contributed by atoms with Gasteiger partial charge in [0.15, 0.2) is 0 Å². The first-order chi connectivity index (χ1) is 8.33. The van der Waals surface area contributed by atoms with Gasteiger partial charge in [-0.3, -0.25) is 0 Å². The second kappa shape index (κ2) is 4.32. The van der Waals surface area contributed by atoms with E-state index < -0.39 is 0 Å². The molecule has 1 unspecified atom stereocenters.